The van der Waals surface area contributed by atoms with Crippen LogP contribution in [0.2, 0.25) is 10.0 Å². The summed E-state index contributed by atoms with van der Waals surface area (Å²) in [6, 6.07) is 12.6. The summed E-state index contributed by atoms with van der Waals surface area (Å²) in [5.74, 6) is -1.05. The first-order valence-electron chi connectivity index (χ1n) is 12.7. The van der Waals surface area contributed by atoms with Crippen LogP contribution in [-0.2, 0) is 19.6 Å². The Hall–Kier alpha value is -2.70. The van der Waals surface area contributed by atoms with E-state index < -0.39 is 34.1 Å². The van der Waals surface area contributed by atoms with Gasteiger partial charge in [0.1, 0.15) is 10.9 Å². The molecule has 2 N–H and O–H groups in total. The molecular weight excluding hydrogens is 595 g/mol. The van der Waals surface area contributed by atoms with Crippen molar-refractivity contribution in [1.29, 1.82) is 0 Å². The second-order valence-electron chi connectivity index (χ2n) is 10.6. The molecule has 3 atom stereocenters. The van der Waals surface area contributed by atoms with E-state index in [4.69, 9.17) is 23.2 Å². The van der Waals surface area contributed by atoms with Crippen molar-refractivity contribution in [3.8, 4) is 0 Å². The Morgan fingerprint density at radius 2 is 1.85 bits per heavy atom. The van der Waals surface area contributed by atoms with Gasteiger partial charge in [-0.25, -0.2) is 13.1 Å². The molecule has 3 heterocycles. The van der Waals surface area contributed by atoms with Gasteiger partial charge in [0, 0.05) is 22.8 Å². The first-order valence-corrected chi connectivity index (χ1v) is 15.7. The van der Waals surface area contributed by atoms with E-state index >= 15 is 0 Å². The lowest BCUT2D eigenvalue weighted by atomic mass is 9.71. The largest absolute Gasteiger partial charge is 0.339 e. The number of benzene rings is 2. The van der Waals surface area contributed by atoms with Gasteiger partial charge in [-0.15, -0.1) is 11.3 Å². The zero-order chi connectivity index (χ0) is 29.0. The van der Waals surface area contributed by atoms with Crippen molar-refractivity contribution >= 4 is 72.4 Å². The number of halogens is 2. The molecule has 0 spiro atoms. The Morgan fingerprint density at radius 3 is 2.48 bits per heavy atom. The summed E-state index contributed by atoms with van der Waals surface area (Å²) in [4.78, 5) is 43.1. The maximum Gasteiger partial charge on any atom is 0.262 e. The van der Waals surface area contributed by atoms with E-state index in [-0.39, 0.29) is 40.2 Å². The summed E-state index contributed by atoms with van der Waals surface area (Å²) >= 11 is 13.2. The van der Waals surface area contributed by atoms with Gasteiger partial charge in [-0.2, -0.15) is 0 Å². The smallest absolute Gasteiger partial charge is 0.262 e. The average Bonchev–Trinajstić information content (AvgIpc) is 3.33. The fourth-order valence-corrected chi connectivity index (χ4v) is 7.94. The topological polar surface area (TPSA) is 116 Å². The van der Waals surface area contributed by atoms with Crippen LogP contribution in [0.15, 0.2) is 53.4 Å². The number of rotatable bonds is 8. The number of thiophene rings is 1. The highest BCUT2D eigenvalue weighted by molar-refractivity contribution is 7.89. The Labute approximate surface area is 246 Å². The number of fused-ring (bicyclic) bond motifs is 2. The van der Waals surface area contributed by atoms with Crippen molar-refractivity contribution in [3.63, 3.8) is 0 Å². The fraction of sp³-hybridized carbons (Fsp3) is 0.370. The summed E-state index contributed by atoms with van der Waals surface area (Å²) in [7, 11) is -4.03. The normalized spacial score (nSPS) is 21.0. The molecule has 0 radical (unpaired) electrons. The van der Waals surface area contributed by atoms with Crippen LogP contribution in [0, 0.1) is 5.92 Å². The molecule has 1 unspecified atom stereocenters. The van der Waals surface area contributed by atoms with Gasteiger partial charge in [-0.1, -0.05) is 55.2 Å². The number of carbonyl (C=O) groups excluding carboxylic acids is 3. The molecule has 2 aliphatic rings. The molecule has 2 fully saturated rings. The molecule has 1 aromatic heterocycles. The number of sulfonamides is 1. The van der Waals surface area contributed by atoms with Crippen molar-refractivity contribution in [2.45, 2.75) is 43.3 Å². The zero-order valence-electron chi connectivity index (χ0n) is 22.0. The van der Waals surface area contributed by atoms with Gasteiger partial charge in [0.25, 0.3) is 5.91 Å². The Bertz CT molecular complexity index is 1590. The predicted molar refractivity (Wildman–Crippen MR) is 155 cm³/mol. The first-order chi connectivity index (χ1) is 18.8. The van der Waals surface area contributed by atoms with Crippen LogP contribution in [0.25, 0.3) is 10.1 Å². The molecule has 9 nitrogen and oxygen atoms in total. The second kappa shape index (κ2) is 10.6. The number of piperazine rings is 1. The van der Waals surface area contributed by atoms with Crippen LogP contribution in [-0.4, -0.2) is 73.2 Å². The monoisotopic (exact) mass is 622 g/mol. The molecular formula is C27H28Cl2N4O5S2. The van der Waals surface area contributed by atoms with Crippen LogP contribution in [0.5, 0.6) is 0 Å². The van der Waals surface area contributed by atoms with Gasteiger partial charge in [0.2, 0.25) is 21.8 Å². The van der Waals surface area contributed by atoms with Crippen LogP contribution in [0.4, 0.5) is 0 Å². The molecule has 40 heavy (non-hydrogen) atoms. The highest BCUT2D eigenvalue weighted by Crippen LogP contribution is 2.44. The van der Waals surface area contributed by atoms with E-state index in [2.05, 4.69) is 10.0 Å². The first kappa shape index (κ1) is 28.8. The minimum atomic E-state index is -4.03. The molecule has 13 heteroatoms. The standard InChI is InChI=1S/C27H28Cl2N4O5S2/c1-15(2)24(31-25(35)20-10-16-6-4-5-7-19(16)39-20)26(36)33-13-22-27(33,3)14-32(22)23(34)12-30-40(37,38)21-9-8-17(28)11-18(21)29/h4-11,15,22,24,30H,12-14H2,1-3H3,(H,31,35)/t22-,24+,27?/m1/s1. The van der Waals surface area contributed by atoms with Crippen LogP contribution < -0.4 is 10.0 Å². The molecule has 0 aliphatic carbocycles. The van der Waals surface area contributed by atoms with Crippen molar-refractivity contribution in [2.75, 3.05) is 19.6 Å². The van der Waals surface area contributed by atoms with E-state index in [1.54, 1.807) is 9.80 Å². The quantitative estimate of drug-likeness (QED) is 0.397. The van der Waals surface area contributed by atoms with E-state index in [0.29, 0.717) is 16.4 Å². The third kappa shape index (κ3) is 5.09. The molecule has 3 amide bonds. The van der Waals surface area contributed by atoms with Crippen molar-refractivity contribution in [2.24, 2.45) is 5.92 Å². The van der Waals surface area contributed by atoms with Gasteiger partial charge >= 0.3 is 0 Å². The third-order valence-electron chi connectivity index (χ3n) is 7.61. The number of amides is 3. The minimum Gasteiger partial charge on any atom is -0.339 e. The van der Waals surface area contributed by atoms with Gasteiger partial charge in [0.05, 0.1) is 28.0 Å². The predicted octanol–water partition coefficient (Wildman–Crippen LogP) is 3.75. The summed E-state index contributed by atoms with van der Waals surface area (Å²) in [5, 5.41) is 4.14. The van der Waals surface area contributed by atoms with E-state index in [1.807, 2.05) is 51.1 Å². The molecule has 2 aliphatic heterocycles. The number of hydrogen-bond acceptors (Lipinski definition) is 6. The van der Waals surface area contributed by atoms with Crippen molar-refractivity contribution in [1.82, 2.24) is 19.8 Å². The number of carbonyl (C=O) groups is 3. The molecule has 0 saturated carbocycles. The SMILES string of the molecule is CC(C)[C@H](NC(=O)c1cc2ccccc2s1)C(=O)N1C[C@H]2N(C(=O)CNS(=O)(=O)c3ccc(Cl)cc3Cl)CC21C. The van der Waals surface area contributed by atoms with Gasteiger partial charge in [0.15, 0.2) is 0 Å². The fourth-order valence-electron chi connectivity index (χ4n) is 5.23. The van der Waals surface area contributed by atoms with Crippen LogP contribution in [0.1, 0.15) is 30.4 Å². The molecule has 3 aromatic rings. The summed E-state index contributed by atoms with van der Waals surface area (Å²) in [6.07, 6.45) is 0. The highest BCUT2D eigenvalue weighted by Gasteiger charge is 2.64. The van der Waals surface area contributed by atoms with Gasteiger partial charge in [-0.05, 0) is 48.6 Å². The van der Waals surface area contributed by atoms with Crippen molar-refractivity contribution in [3.05, 3.63) is 63.5 Å². The lowest BCUT2D eigenvalue weighted by molar-refractivity contribution is -0.205. The molecule has 5 rings (SSSR count). The lowest BCUT2D eigenvalue weighted by Crippen LogP contribution is -2.88. The molecule has 2 saturated heterocycles. The number of hydrogen-bond donors (Lipinski definition) is 2. The van der Waals surface area contributed by atoms with Gasteiger partial charge < -0.3 is 15.1 Å². The third-order valence-corrected chi connectivity index (χ3v) is 10.8. The van der Waals surface area contributed by atoms with E-state index in [9.17, 15) is 22.8 Å². The number of nitrogens with zero attached hydrogens (tertiary/aromatic N) is 2. The molecule has 2 aromatic carbocycles. The maximum atomic E-state index is 13.5. The maximum absolute atomic E-state index is 13.5. The average molecular weight is 624 g/mol. The number of likely N-dealkylation sites (tertiary alicyclic amines) is 2. The van der Waals surface area contributed by atoms with Crippen LogP contribution >= 0.6 is 34.5 Å². The summed E-state index contributed by atoms with van der Waals surface area (Å²) < 4.78 is 28.6. The minimum absolute atomic E-state index is 0.0451. The number of nitrogens with one attached hydrogen (secondary N) is 2. The molecule has 0 bridgehead atoms. The van der Waals surface area contributed by atoms with Crippen LogP contribution in [0.3, 0.4) is 0 Å². The summed E-state index contributed by atoms with van der Waals surface area (Å²) in [5.41, 5.74) is -0.583. The van der Waals surface area contributed by atoms with E-state index in [1.165, 1.54) is 29.5 Å². The van der Waals surface area contributed by atoms with E-state index in [0.717, 1.165) is 10.1 Å². The Balaban J connectivity index is 1.19. The zero-order valence-corrected chi connectivity index (χ0v) is 25.1. The lowest BCUT2D eigenvalue weighted by Gasteiger charge is -2.69. The van der Waals surface area contributed by atoms with Gasteiger partial charge in [-0.3, -0.25) is 14.4 Å². The van der Waals surface area contributed by atoms with Crippen molar-refractivity contribution < 1.29 is 22.8 Å². The Morgan fingerprint density at radius 1 is 1.12 bits per heavy atom. The Kier molecular flexibility index (Phi) is 7.64. The highest BCUT2D eigenvalue weighted by atomic mass is 35.5. The summed E-state index contributed by atoms with van der Waals surface area (Å²) in [6.45, 7) is 5.78. The second-order valence-corrected chi connectivity index (χ2v) is 14.2. The molecule has 212 valence electrons.